The van der Waals surface area contributed by atoms with Crippen LogP contribution < -0.4 is 20.4 Å². The minimum Gasteiger partial charge on any atom is -0.495 e. The molecule has 2 aromatic heterocycles. The van der Waals surface area contributed by atoms with Crippen molar-refractivity contribution in [1.82, 2.24) is 9.88 Å². The second-order valence-corrected chi connectivity index (χ2v) is 8.00. The summed E-state index contributed by atoms with van der Waals surface area (Å²) in [7, 11) is 5.57. The van der Waals surface area contributed by atoms with Gasteiger partial charge in [0.2, 0.25) is 0 Å². The molecule has 160 valence electrons. The maximum absolute atomic E-state index is 12.7. The van der Waals surface area contributed by atoms with E-state index in [1.54, 1.807) is 19.2 Å². The van der Waals surface area contributed by atoms with Crippen LogP contribution in [0, 0.1) is 0 Å². The van der Waals surface area contributed by atoms with E-state index < -0.39 is 5.63 Å². The van der Waals surface area contributed by atoms with Crippen LogP contribution in [-0.2, 0) is 0 Å². The molecule has 0 saturated carbocycles. The third-order valence-corrected chi connectivity index (χ3v) is 5.41. The van der Waals surface area contributed by atoms with Gasteiger partial charge in [0.05, 0.1) is 24.1 Å². The Morgan fingerprint density at radius 2 is 1.94 bits per heavy atom. The molecule has 7 nitrogen and oxygen atoms in total. The molecule has 0 amide bonds. The van der Waals surface area contributed by atoms with Crippen molar-refractivity contribution in [2.45, 2.75) is 0 Å². The molecule has 4 aromatic rings. The Morgan fingerprint density at radius 1 is 1.13 bits per heavy atom. The second kappa shape index (κ2) is 9.20. The highest BCUT2D eigenvalue weighted by atomic mass is 32.1. The molecule has 0 aliphatic heterocycles. The van der Waals surface area contributed by atoms with E-state index in [0.29, 0.717) is 40.1 Å². The summed E-state index contributed by atoms with van der Waals surface area (Å²) in [6, 6.07) is 15.0. The highest BCUT2D eigenvalue weighted by molar-refractivity contribution is 7.14. The largest absolute Gasteiger partial charge is 0.495 e. The number of aromatic nitrogens is 1. The summed E-state index contributed by atoms with van der Waals surface area (Å²) in [5.41, 5.74) is 1.75. The van der Waals surface area contributed by atoms with Gasteiger partial charge in [-0.1, -0.05) is 24.3 Å². The fourth-order valence-corrected chi connectivity index (χ4v) is 3.79. The quantitative estimate of drug-likeness (QED) is 0.403. The second-order valence-electron chi connectivity index (χ2n) is 7.14. The highest BCUT2D eigenvalue weighted by Crippen LogP contribution is 2.32. The van der Waals surface area contributed by atoms with Crippen LogP contribution in [0.5, 0.6) is 11.5 Å². The van der Waals surface area contributed by atoms with Crippen LogP contribution in [0.2, 0.25) is 0 Å². The van der Waals surface area contributed by atoms with E-state index in [2.05, 4.69) is 10.3 Å². The summed E-state index contributed by atoms with van der Waals surface area (Å²) >= 11 is 1.40. The van der Waals surface area contributed by atoms with Crippen LogP contribution in [-0.4, -0.2) is 44.2 Å². The Kier molecular flexibility index (Phi) is 6.20. The van der Waals surface area contributed by atoms with Gasteiger partial charge in [-0.25, -0.2) is 9.78 Å². The monoisotopic (exact) mass is 437 g/mol. The molecule has 0 aliphatic carbocycles. The number of hydrogen-bond donors (Lipinski definition) is 1. The summed E-state index contributed by atoms with van der Waals surface area (Å²) in [6.07, 6.45) is 0. The van der Waals surface area contributed by atoms with E-state index in [4.69, 9.17) is 13.9 Å². The van der Waals surface area contributed by atoms with Crippen molar-refractivity contribution in [3.8, 4) is 22.8 Å². The van der Waals surface area contributed by atoms with E-state index >= 15 is 0 Å². The Bertz CT molecular complexity index is 1250. The fraction of sp³-hybridized carbons (Fsp3) is 0.217. The lowest BCUT2D eigenvalue weighted by Gasteiger charge is -2.12. The third kappa shape index (κ3) is 4.70. The fourth-order valence-electron chi connectivity index (χ4n) is 3.07. The molecule has 0 bridgehead atoms. The van der Waals surface area contributed by atoms with Crippen molar-refractivity contribution < 1.29 is 13.9 Å². The minimum absolute atomic E-state index is 0.405. The molecule has 2 heterocycles. The van der Waals surface area contributed by atoms with Gasteiger partial charge in [0.15, 0.2) is 16.5 Å². The Labute approximate surface area is 183 Å². The molecule has 0 fully saturated rings. The van der Waals surface area contributed by atoms with Gasteiger partial charge in [0, 0.05) is 17.3 Å². The first-order chi connectivity index (χ1) is 15.0. The highest BCUT2D eigenvalue weighted by Gasteiger charge is 2.15. The molecule has 0 atom stereocenters. The molecule has 0 radical (unpaired) electrons. The predicted octanol–water partition coefficient (Wildman–Crippen LogP) is 4.61. The molecule has 0 spiro atoms. The molecule has 0 unspecified atom stereocenters. The number of methoxy groups -OCH3 is 1. The topological polar surface area (TPSA) is 76.8 Å². The van der Waals surface area contributed by atoms with Crippen LogP contribution >= 0.6 is 11.3 Å². The van der Waals surface area contributed by atoms with Gasteiger partial charge in [-0.3, -0.25) is 0 Å². The Hall–Kier alpha value is -3.36. The van der Waals surface area contributed by atoms with Gasteiger partial charge < -0.3 is 24.1 Å². The van der Waals surface area contributed by atoms with Crippen molar-refractivity contribution in [3.63, 3.8) is 0 Å². The van der Waals surface area contributed by atoms with Gasteiger partial charge >= 0.3 is 5.63 Å². The molecule has 1 N–H and O–H groups in total. The minimum atomic E-state index is -0.453. The zero-order chi connectivity index (χ0) is 21.8. The number of benzene rings is 2. The first kappa shape index (κ1) is 20.9. The van der Waals surface area contributed by atoms with Crippen LogP contribution in [0.3, 0.4) is 0 Å². The zero-order valence-corrected chi connectivity index (χ0v) is 18.4. The van der Waals surface area contributed by atoms with Gasteiger partial charge in [0.1, 0.15) is 12.4 Å². The van der Waals surface area contributed by atoms with E-state index in [0.717, 1.165) is 17.6 Å². The van der Waals surface area contributed by atoms with Gasteiger partial charge in [-0.15, -0.1) is 11.3 Å². The molecule has 31 heavy (non-hydrogen) atoms. The van der Waals surface area contributed by atoms with E-state index in [9.17, 15) is 4.79 Å². The Morgan fingerprint density at radius 3 is 2.74 bits per heavy atom. The van der Waals surface area contributed by atoms with Gasteiger partial charge in [-0.2, -0.15) is 0 Å². The number of para-hydroxylation sites is 3. The lowest BCUT2D eigenvalue weighted by Crippen LogP contribution is -2.19. The van der Waals surface area contributed by atoms with Crippen LogP contribution in [0.15, 0.2) is 63.1 Å². The van der Waals surface area contributed by atoms with Gasteiger partial charge in [0.25, 0.3) is 0 Å². The first-order valence-corrected chi connectivity index (χ1v) is 10.6. The number of nitrogens with one attached hydrogen (secondary N) is 1. The normalized spacial score (nSPS) is 11.1. The Balaban J connectivity index is 1.62. The summed E-state index contributed by atoms with van der Waals surface area (Å²) in [6.45, 7) is 1.27. The lowest BCUT2D eigenvalue weighted by molar-refractivity contribution is 0.260. The molecular weight excluding hydrogens is 414 g/mol. The van der Waals surface area contributed by atoms with E-state index in [1.807, 2.05) is 60.8 Å². The van der Waals surface area contributed by atoms with Crippen molar-refractivity contribution in [1.29, 1.82) is 0 Å². The molecule has 8 heteroatoms. The number of nitrogens with zero attached hydrogens (tertiary/aromatic N) is 2. The van der Waals surface area contributed by atoms with Gasteiger partial charge in [-0.05, 0) is 38.4 Å². The number of thiazole rings is 1. The van der Waals surface area contributed by atoms with E-state index in [1.165, 1.54) is 11.3 Å². The SMILES string of the molecule is COc1ccccc1Nc1nc(-c2cc3cccc(OCCN(C)C)c3oc2=O)cs1. The number of fused-ring (bicyclic) bond motifs is 1. The van der Waals surface area contributed by atoms with Crippen LogP contribution in [0.25, 0.3) is 22.2 Å². The number of ether oxygens (including phenoxy) is 2. The zero-order valence-electron chi connectivity index (χ0n) is 17.5. The molecule has 0 aliphatic rings. The standard InChI is InChI=1S/C23H23N3O4S/c1-26(2)11-12-29-20-10-6-7-15-13-16(22(27)30-21(15)20)18-14-31-23(25-18)24-17-8-4-5-9-19(17)28-3/h4-10,13-14H,11-12H2,1-3H3,(H,24,25). The first-order valence-electron chi connectivity index (χ1n) is 9.75. The van der Waals surface area contributed by atoms with Crippen LogP contribution in [0.1, 0.15) is 0 Å². The number of rotatable bonds is 8. The average molecular weight is 438 g/mol. The molecule has 0 saturated heterocycles. The molecule has 4 rings (SSSR count). The van der Waals surface area contributed by atoms with E-state index in [-0.39, 0.29) is 0 Å². The summed E-state index contributed by atoms with van der Waals surface area (Å²) in [5.74, 6) is 1.27. The number of hydrogen-bond acceptors (Lipinski definition) is 8. The molecule has 2 aromatic carbocycles. The van der Waals surface area contributed by atoms with Crippen molar-refractivity contribution >= 4 is 33.1 Å². The maximum atomic E-state index is 12.7. The summed E-state index contributed by atoms with van der Waals surface area (Å²) < 4.78 is 16.8. The summed E-state index contributed by atoms with van der Waals surface area (Å²) in [5, 5.41) is 6.50. The van der Waals surface area contributed by atoms with Crippen molar-refractivity contribution in [2.75, 3.05) is 39.7 Å². The number of likely N-dealkylation sites (N-methyl/N-ethyl adjacent to an activating group) is 1. The van der Waals surface area contributed by atoms with Crippen molar-refractivity contribution in [2.24, 2.45) is 0 Å². The predicted molar refractivity (Wildman–Crippen MR) is 124 cm³/mol. The lowest BCUT2D eigenvalue weighted by atomic mass is 10.1. The van der Waals surface area contributed by atoms with Crippen molar-refractivity contribution in [3.05, 3.63) is 64.3 Å². The maximum Gasteiger partial charge on any atom is 0.345 e. The third-order valence-electron chi connectivity index (χ3n) is 4.65. The average Bonchev–Trinajstić information content (AvgIpc) is 3.22. The number of anilines is 2. The summed E-state index contributed by atoms with van der Waals surface area (Å²) in [4.78, 5) is 19.3. The molecular formula is C23H23N3O4S. The van der Waals surface area contributed by atoms with Crippen LogP contribution in [0.4, 0.5) is 10.8 Å². The smallest absolute Gasteiger partial charge is 0.345 e.